The highest BCUT2D eigenvalue weighted by molar-refractivity contribution is 5.85. The number of fused-ring (bicyclic) bond motifs is 4. The van der Waals surface area contributed by atoms with E-state index in [1.54, 1.807) is 4.90 Å². The molecule has 1 amide bonds. The SMILES string of the molecule is CN1CC[C@]2(C(=O)O)CN(C(=O)OCC3c4ccccc4-c4ccccc43)C[C@@H]2C1.Cl. The van der Waals surface area contributed by atoms with Crippen LogP contribution in [0.2, 0.25) is 0 Å². The van der Waals surface area contributed by atoms with Gasteiger partial charge in [-0.05, 0) is 42.3 Å². The average molecular weight is 443 g/mol. The van der Waals surface area contributed by atoms with Crippen molar-refractivity contribution >= 4 is 24.5 Å². The van der Waals surface area contributed by atoms with E-state index in [-0.39, 0.29) is 37.4 Å². The molecule has 1 aliphatic carbocycles. The monoisotopic (exact) mass is 442 g/mol. The maximum Gasteiger partial charge on any atom is 0.409 e. The van der Waals surface area contributed by atoms with Crippen LogP contribution in [0.3, 0.4) is 0 Å². The lowest BCUT2D eigenvalue weighted by molar-refractivity contribution is -0.153. The summed E-state index contributed by atoms with van der Waals surface area (Å²) in [5.41, 5.74) is 3.87. The van der Waals surface area contributed by atoms with Crippen molar-refractivity contribution in [2.45, 2.75) is 12.3 Å². The summed E-state index contributed by atoms with van der Waals surface area (Å²) >= 11 is 0. The highest BCUT2D eigenvalue weighted by Gasteiger charge is 2.55. The summed E-state index contributed by atoms with van der Waals surface area (Å²) in [6.07, 6.45) is 0.158. The van der Waals surface area contributed by atoms with Crippen LogP contribution in [0.1, 0.15) is 23.5 Å². The minimum atomic E-state index is -0.849. The fourth-order valence-electron chi connectivity index (χ4n) is 5.52. The van der Waals surface area contributed by atoms with Gasteiger partial charge in [-0.2, -0.15) is 0 Å². The van der Waals surface area contributed by atoms with E-state index >= 15 is 0 Å². The first-order valence-electron chi connectivity index (χ1n) is 10.5. The van der Waals surface area contributed by atoms with Crippen LogP contribution in [0, 0.1) is 11.3 Å². The Balaban J connectivity index is 0.00000231. The number of ether oxygens (including phenoxy) is 1. The van der Waals surface area contributed by atoms with Crippen molar-refractivity contribution in [2.75, 3.05) is 39.8 Å². The fraction of sp³-hybridized carbons (Fsp3) is 0.417. The number of aliphatic carboxylic acids is 1. The number of halogens is 1. The number of piperidine rings is 1. The molecule has 164 valence electrons. The molecule has 2 aliphatic heterocycles. The summed E-state index contributed by atoms with van der Waals surface area (Å²) in [6.45, 7) is 2.36. The second kappa shape index (κ2) is 8.17. The summed E-state index contributed by atoms with van der Waals surface area (Å²) in [7, 11) is 2.00. The average Bonchev–Trinajstić information content (AvgIpc) is 3.29. The molecule has 1 N–H and O–H groups in total. The number of hydrogen-bond donors (Lipinski definition) is 1. The van der Waals surface area contributed by atoms with Gasteiger partial charge < -0.3 is 19.6 Å². The van der Waals surface area contributed by atoms with Crippen molar-refractivity contribution in [2.24, 2.45) is 11.3 Å². The van der Waals surface area contributed by atoms with Gasteiger partial charge in [-0.1, -0.05) is 48.5 Å². The van der Waals surface area contributed by atoms with Crippen LogP contribution in [0.25, 0.3) is 11.1 Å². The number of amides is 1. The fourth-order valence-corrected chi connectivity index (χ4v) is 5.52. The summed E-state index contributed by atoms with van der Waals surface area (Å²) in [5.74, 6) is -0.852. The normalized spacial score (nSPS) is 24.7. The smallest absolute Gasteiger partial charge is 0.409 e. The largest absolute Gasteiger partial charge is 0.481 e. The van der Waals surface area contributed by atoms with E-state index in [9.17, 15) is 14.7 Å². The first-order valence-corrected chi connectivity index (χ1v) is 10.5. The maximum atomic E-state index is 12.9. The van der Waals surface area contributed by atoms with Crippen molar-refractivity contribution < 1.29 is 19.4 Å². The number of carboxylic acid groups (broad SMARTS) is 1. The van der Waals surface area contributed by atoms with Crippen molar-refractivity contribution in [1.29, 1.82) is 0 Å². The molecule has 0 spiro atoms. The summed E-state index contributed by atoms with van der Waals surface area (Å²) in [4.78, 5) is 28.7. The summed E-state index contributed by atoms with van der Waals surface area (Å²) < 4.78 is 5.76. The van der Waals surface area contributed by atoms with E-state index < -0.39 is 17.5 Å². The zero-order valence-corrected chi connectivity index (χ0v) is 18.3. The van der Waals surface area contributed by atoms with E-state index in [1.807, 2.05) is 31.3 Å². The third kappa shape index (κ3) is 3.48. The van der Waals surface area contributed by atoms with E-state index in [2.05, 4.69) is 29.2 Å². The minimum Gasteiger partial charge on any atom is -0.481 e. The van der Waals surface area contributed by atoms with Gasteiger partial charge in [-0.3, -0.25) is 4.79 Å². The van der Waals surface area contributed by atoms with Crippen LogP contribution in [-0.4, -0.2) is 66.8 Å². The lowest BCUT2D eigenvalue weighted by atomic mass is 9.73. The van der Waals surface area contributed by atoms with Gasteiger partial charge in [0.1, 0.15) is 6.61 Å². The minimum absolute atomic E-state index is 0. The Labute approximate surface area is 188 Å². The first-order chi connectivity index (χ1) is 14.5. The molecule has 2 aromatic carbocycles. The lowest BCUT2D eigenvalue weighted by Crippen LogP contribution is -2.49. The van der Waals surface area contributed by atoms with Gasteiger partial charge in [0.05, 0.1) is 5.41 Å². The third-order valence-corrected chi connectivity index (χ3v) is 7.19. The van der Waals surface area contributed by atoms with Crippen LogP contribution in [0.15, 0.2) is 48.5 Å². The topological polar surface area (TPSA) is 70.1 Å². The van der Waals surface area contributed by atoms with Gasteiger partial charge in [0.15, 0.2) is 0 Å². The highest BCUT2D eigenvalue weighted by Crippen LogP contribution is 2.45. The van der Waals surface area contributed by atoms with Gasteiger partial charge in [-0.15, -0.1) is 12.4 Å². The van der Waals surface area contributed by atoms with Crippen LogP contribution in [0.5, 0.6) is 0 Å². The molecule has 2 saturated heterocycles. The number of nitrogens with zero attached hydrogens (tertiary/aromatic N) is 2. The van der Waals surface area contributed by atoms with Crippen LogP contribution in [0.4, 0.5) is 4.79 Å². The Kier molecular flexibility index (Phi) is 5.71. The van der Waals surface area contributed by atoms with Gasteiger partial charge in [0.2, 0.25) is 0 Å². The first kappa shape index (κ1) is 21.7. The molecule has 5 rings (SSSR count). The zero-order valence-electron chi connectivity index (χ0n) is 17.5. The Hall–Kier alpha value is -2.57. The van der Waals surface area contributed by atoms with E-state index in [0.29, 0.717) is 19.5 Å². The Bertz CT molecular complexity index is 967. The number of carboxylic acids is 1. The number of rotatable bonds is 3. The third-order valence-electron chi connectivity index (χ3n) is 7.19. The van der Waals surface area contributed by atoms with E-state index in [0.717, 1.165) is 6.54 Å². The van der Waals surface area contributed by atoms with Gasteiger partial charge in [0, 0.05) is 31.5 Å². The molecule has 0 unspecified atom stereocenters. The van der Waals surface area contributed by atoms with Crippen molar-refractivity contribution in [3.8, 4) is 11.1 Å². The van der Waals surface area contributed by atoms with Gasteiger partial charge >= 0.3 is 12.1 Å². The Morgan fingerprint density at radius 1 is 1.06 bits per heavy atom. The summed E-state index contributed by atoms with van der Waals surface area (Å²) in [5, 5.41) is 9.91. The van der Waals surface area contributed by atoms with Crippen molar-refractivity contribution in [3.63, 3.8) is 0 Å². The van der Waals surface area contributed by atoms with Crippen molar-refractivity contribution in [1.82, 2.24) is 9.80 Å². The van der Waals surface area contributed by atoms with Gasteiger partial charge in [-0.25, -0.2) is 4.79 Å². The molecule has 2 fully saturated rings. The molecule has 2 heterocycles. The molecule has 0 radical (unpaired) electrons. The molecule has 0 aromatic heterocycles. The van der Waals surface area contributed by atoms with Gasteiger partial charge in [0.25, 0.3) is 0 Å². The predicted octanol–water partition coefficient (Wildman–Crippen LogP) is 3.70. The number of carbonyl (C=O) groups is 2. The van der Waals surface area contributed by atoms with E-state index in [1.165, 1.54) is 22.3 Å². The molecular weight excluding hydrogens is 416 g/mol. The number of benzene rings is 2. The van der Waals surface area contributed by atoms with Crippen LogP contribution >= 0.6 is 12.4 Å². The number of likely N-dealkylation sites (tertiary alicyclic amines) is 2. The zero-order chi connectivity index (χ0) is 20.9. The molecule has 0 saturated carbocycles. The van der Waals surface area contributed by atoms with Crippen molar-refractivity contribution in [3.05, 3.63) is 59.7 Å². The quantitative estimate of drug-likeness (QED) is 0.784. The Morgan fingerprint density at radius 2 is 1.68 bits per heavy atom. The van der Waals surface area contributed by atoms with E-state index in [4.69, 9.17) is 4.74 Å². The Morgan fingerprint density at radius 3 is 2.29 bits per heavy atom. The standard InChI is InChI=1S/C24H26N2O4.ClH/c1-25-11-10-24(22(27)28)15-26(13-16(24)12-25)23(29)30-14-21-19-8-4-2-6-17(19)18-7-3-5-9-20(18)21;/h2-9,16,21H,10-15H2,1H3,(H,27,28);1H/t16-,24-;/m0./s1. The molecule has 3 aliphatic rings. The number of carbonyl (C=O) groups excluding carboxylic acids is 1. The second-order valence-corrected chi connectivity index (χ2v) is 8.85. The lowest BCUT2D eigenvalue weighted by Gasteiger charge is -2.38. The predicted molar refractivity (Wildman–Crippen MR) is 120 cm³/mol. The highest BCUT2D eigenvalue weighted by atomic mass is 35.5. The molecule has 2 atom stereocenters. The molecular formula is C24H27ClN2O4. The van der Waals surface area contributed by atoms with Crippen LogP contribution in [-0.2, 0) is 9.53 Å². The number of hydrogen-bond acceptors (Lipinski definition) is 4. The summed E-state index contributed by atoms with van der Waals surface area (Å²) in [6, 6.07) is 16.5. The molecule has 7 heteroatoms. The molecule has 6 nitrogen and oxygen atoms in total. The molecule has 0 bridgehead atoms. The molecule has 2 aromatic rings. The van der Waals surface area contributed by atoms with Crippen LogP contribution < -0.4 is 0 Å². The molecule has 31 heavy (non-hydrogen) atoms. The second-order valence-electron chi connectivity index (χ2n) is 8.85. The maximum absolute atomic E-state index is 12.9.